The fraction of sp³-hybridized carbons (Fsp3) is 0.667. The molecule has 4 heteroatoms. The lowest BCUT2D eigenvalue weighted by atomic mass is 10.2. The van der Waals surface area contributed by atoms with Gasteiger partial charge in [-0.3, -0.25) is 0 Å². The Bertz CT molecular complexity index is 303. The van der Waals surface area contributed by atoms with Gasteiger partial charge in [-0.25, -0.2) is 4.98 Å². The highest BCUT2D eigenvalue weighted by molar-refractivity contribution is 5.18. The van der Waals surface area contributed by atoms with Crippen molar-refractivity contribution in [2.45, 2.75) is 25.6 Å². The molecule has 2 rings (SSSR count). The molecule has 72 valence electrons. The summed E-state index contributed by atoms with van der Waals surface area (Å²) < 4.78 is 2.17. The SMILES string of the molecule is CN(C)Cc1ncn2c1CC(N)C2. The van der Waals surface area contributed by atoms with Gasteiger partial charge in [-0.2, -0.15) is 0 Å². The second kappa shape index (κ2) is 3.12. The Labute approximate surface area is 78.4 Å². The van der Waals surface area contributed by atoms with Gasteiger partial charge in [0.1, 0.15) is 0 Å². The molecule has 0 aromatic carbocycles. The van der Waals surface area contributed by atoms with Crippen LogP contribution in [0.4, 0.5) is 0 Å². The van der Waals surface area contributed by atoms with Crippen molar-refractivity contribution in [2.75, 3.05) is 14.1 Å². The van der Waals surface area contributed by atoms with Crippen LogP contribution in [0.15, 0.2) is 6.33 Å². The Hall–Kier alpha value is -0.870. The van der Waals surface area contributed by atoms with E-state index in [0.717, 1.165) is 19.5 Å². The average molecular weight is 180 g/mol. The van der Waals surface area contributed by atoms with Crippen LogP contribution < -0.4 is 5.73 Å². The fourth-order valence-corrected chi connectivity index (χ4v) is 1.84. The Balaban J connectivity index is 2.20. The Kier molecular flexibility index (Phi) is 2.09. The van der Waals surface area contributed by atoms with Crippen LogP contribution in [0.1, 0.15) is 11.4 Å². The predicted molar refractivity (Wildman–Crippen MR) is 51.3 cm³/mol. The Morgan fingerprint density at radius 2 is 2.46 bits per heavy atom. The van der Waals surface area contributed by atoms with E-state index in [9.17, 15) is 0 Å². The second-order valence-corrected chi connectivity index (χ2v) is 3.99. The van der Waals surface area contributed by atoms with Gasteiger partial charge < -0.3 is 15.2 Å². The molecule has 0 saturated heterocycles. The van der Waals surface area contributed by atoms with Crippen LogP contribution >= 0.6 is 0 Å². The molecule has 0 aliphatic carbocycles. The molecule has 13 heavy (non-hydrogen) atoms. The summed E-state index contributed by atoms with van der Waals surface area (Å²) in [7, 11) is 4.11. The molecule has 1 aliphatic rings. The van der Waals surface area contributed by atoms with Crippen molar-refractivity contribution in [2.24, 2.45) is 5.73 Å². The first kappa shape index (κ1) is 8.72. The zero-order valence-corrected chi connectivity index (χ0v) is 8.20. The highest BCUT2D eigenvalue weighted by atomic mass is 15.1. The van der Waals surface area contributed by atoms with Gasteiger partial charge >= 0.3 is 0 Å². The summed E-state index contributed by atoms with van der Waals surface area (Å²) in [6, 6.07) is 0.291. The maximum atomic E-state index is 5.87. The number of nitrogens with zero attached hydrogens (tertiary/aromatic N) is 3. The minimum Gasteiger partial charge on any atom is -0.333 e. The minimum atomic E-state index is 0.291. The third-order valence-corrected chi connectivity index (χ3v) is 2.39. The summed E-state index contributed by atoms with van der Waals surface area (Å²) in [6.07, 6.45) is 2.88. The lowest BCUT2D eigenvalue weighted by molar-refractivity contribution is 0.396. The van der Waals surface area contributed by atoms with E-state index in [2.05, 4.69) is 28.5 Å². The second-order valence-electron chi connectivity index (χ2n) is 3.99. The number of aromatic nitrogens is 2. The zero-order chi connectivity index (χ0) is 9.42. The number of rotatable bonds is 2. The average Bonchev–Trinajstić information content (AvgIpc) is 2.51. The van der Waals surface area contributed by atoms with E-state index in [1.54, 1.807) is 0 Å². The smallest absolute Gasteiger partial charge is 0.0952 e. The normalized spacial score (nSPS) is 21.1. The highest BCUT2D eigenvalue weighted by Crippen LogP contribution is 2.17. The summed E-state index contributed by atoms with van der Waals surface area (Å²) >= 11 is 0. The van der Waals surface area contributed by atoms with Crippen LogP contribution in [0.2, 0.25) is 0 Å². The first-order valence-electron chi connectivity index (χ1n) is 4.60. The molecule has 0 bridgehead atoms. The van der Waals surface area contributed by atoms with Gasteiger partial charge in [0.25, 0.3) is 0 Å². The van der Waals surface area contributed by atoms with E-state index in [-0.39, 0.29) is 0 Å². The first-order valence-corrected chi connectivity index (χ1v) is 4.60. The molecule has 1 unspecified atom stereocenters. The van der Waals surface area contributed by atoms with Crippen molar-refractivity contribution in [3.05, 3.63) is 17.7 Å². The molecule has 1 aromatic rings. The summed E-state index contributed by atoms with van der Waals surface area (Å²) in [6.45, 7) is 1.84. The molecule has 0 amide bonds. The van der Waals surface area contributed by atoms with E-state index in [1.165, 1.54) is 11.4 Å². The summed E-state index contributed by atoms with van der Waals surface area (Å²) in [4.78, 5) is 6.51. The first-order chi connectivity index (χ1) is 6.16. The molecule has 2 heterocycles. The van der Waals surface area contributed by atoms with E-state index in [4.69, 9.17) is 5.73 Å². The Morgan fingerprint density at radius 1 is 1.69 bits per heavy atom. The van der Waals surface area contributed by atoms with E-state index in [0.29, 0.717) is 6.04 Å². The number of nitrogens with two attached hydrogens (primary N) is 1. The third-order valence-electron chi connectivity index (χ3n) is 2.39. The maximum absolute atomic E-state index is 5.87. The quantitative estimate of drug-likeness (QED) is 0.687. The Morgan fingerprint density at radius 3 is 3.15 bits per heavy atom. The van der Waals surface area contributed by atoms with Crippen LogP contribution in [0.3, 0.4) is 0 Å². The third kappa shape index (κ3) is 1.59. The van der Waals surface area contributed by atoms with Crippen LogP contribution in [0.25, 0.3) is 0 Å². The van der Waals surface area contributed by atoms with E-state index in [1.807, 2.05) is 6.33 Å². The van der Waals surface area contributed by atoms with Crippen LogP contribution in [0, 0.1) is 0 Å². The lowest BCUT2D eigenvalue weighted by Crippen LogP contribution is -2.21. The summed E-state index contributed by atoms with van der Waals surface area (Å²) in [5.41, 5.74) is 8.37. The van der Waals surface area contributed by atoms with Gasteiger partial charge in [-0.15, -0.1) is 0 Å². The van der Waals surface area contributed by atoms with Gasteiger partial charge in [0, 0.05) is 31.2 Å². The lowest BCUT2D eigenvalue weighted by Gasteiger charge is -2.08. The van der Waals surface area contributed by atoms with Crippen molar-refractivity contribution < 1.29 is 0 Å². The largest absolute Gasteiger partial charge is 0.333 e. The standard InChI is InChI=1S/C9H16N4/c1-12(2)5-8-9-3-7(10)4-13(9)6-11-8/h6-7H,3-5,10H2,1-2H3. The zero-order valence-electron chi connectivity index (χ0n) is 8.20. The van der Waals surface area contributed by atoms with Gasteiger partial charge in [-0.1, -0.05) is 0 Å². The molecule has 2 N–H and O–H groups in total. The molecule has 1 atom stereocenters. The van der Waals surface area contributed by atoms with Crippen LogP contribution in [0.5, 0.6) is 0 Å². The number of imidazole rings is 1. The summed E-state index contributed by atoms with van der Waals surface area (Å²) in [5.74, 6) is 0. The van der Waals surface area contributed by atoms with Crippen LogP contribution in [-0.4, -0.2) is 34.6 Å². The van der Waals surface area contributed by atoms with Crippen molar-refractivity contribution in [1.82, 2.24) is 14.5 Å². The van der Waals surface area contributed by atoms with Gasteiger partial charge in [0.2, 0.25) is 0 Å². The van der Waals surface area contributed by atoms with Gasteiger partial charge in [-0.05, 0) is 14.1 Å². The molecule has 1 aromatic heterocycles. The molecular weight excluding hydrogens is 164 g/mol. The maximum Gasteiger partial charge on any atom is 0.0952 e. The number of fused-ring (bicyclic) bond motifs is 1. The monoisotopic (exact) mass is 180 g/mol. The number of hydrogen-bond donors (Lipinski definition) is 1. The number of hydrogen-bond acceptors (Lipinski definition) is 3. The predicted octanol–water partition coefficient (Wildman–Crippen LogP) is -0.172. The van der Waals surface area contributed by atoms with Gasteiger partial charge in [0.15, 0.2) is 0 Å². The van der Waals surface area contributed by atoms with Gasteiger partial charge in [0.05, 0.1) is 12.0 Å². The molecule has 4 nitrogen and oxygen atoms in total. The molecule has 0 fully saturated rings. The topological polar surface area (TPSA) is 47.1 Å². The highest BCUT2D eigenvalue weighted by Gasteiger charge is 2.21. The van der Waals surface area contributed by atoms with Crippen LogP contribution in [-0.2, 0) is 19.5 Å². The molecule has 1 aliphatic heterocycles. The van der Waals surface area contributed by atoms with Crippen molar-refractivity contribution in [3.63, 3.8) is 0 Å². The van der Waals surface area contributed by atoms with Crippen molar-refractivity contribution >= 4 is 0 Å². The molecule has 0 radical (unpaired) electrons. The minimum absolute atomic E-state index is 0.291. The van der Waals surface area contributed by atoms with E-state index < -0.39 is 0 Å². The summed E-state index contributed by atoms with van der Waals surface area (Å²) in [5, 5.41) is 0. The molecule has 0 spiro atoms. The van der Waals surface area contributed by atoms with E-state index >= 15 is 0 Å². The molecular formula is C9H16N4. The van der Waals surface area contributed by atoms with Crippen molar-refractivity contribution in [1.29, 1.82) is 0 Å². The van der Waals surface area contributed by atoms with Crippen molar-refractivity contribution in [3.8, 4) is 0 Å². The fourth-order valence-electron chi connectivity index (χ4n) is 1.84. The molecule has 0 saturated carbocycles.